The highest BCUT2D eigenvalue weighted by Gasteiger charge is 2.16. The number of thiazole rings is 1. The number of carbonyl (C=O) groups excluding carboxylic acids is 1. The molecule has 0 fully saturated rings. The highest BCUT2D eigenvalue weighted by Crippen LogP contribution is 2.24. The van der Waals surface area contributed by atoms with Crippen molar-refractivity contribution in [1.82, 2.24) is 4.57 Å². The largest absolute Gasteiger partial charge is 0.497 e. The van der Waals surface area contributed by atoms with Crippen molar-refractivity contribution in [1.29, 1.82) is 0 Å². The molecule has 10 heteroatoms. The first-order valence-electron chi connectivity index (χ1n) is 11.0. The normalized spacial score (nSPS) is 12.0. The number of carbonyl (C=O) groups is 1. The van der Waals surface area contributed by atoms with Crippen LogP contribution in [0.3, 0.4) is 0 Å². The number of aromatic nitrogens is 1. The molecule has 1 aromatic heterocycles. The fourth-order valence-electron chi connectivity index (χ4n) is 3.54. The number of hydrogen-bond donors (Lipinski definition) is 1. The zero-order valence-electron chi connectivity index (χ0n) is 19.5. The van der Waals surface area contributed by atoms with E-state index >= 15 is 0 Å². The first kappa shape index (κ1) is 24.5. The van der Waals surface area contributed by atoms with E-state index in [1.165, 1.54) is 36.6 Å². The van der Waals surface area contributed by atoms with Gasteiger partial charge in [0.1, 0.15) is 11.5 Å². The number of amides is 1. The summed E-state index contributed by atoms with van der Waals surface area (Å²) < 4.78 is 41.6. The number of ether oxygens (including phenoxy) is 2. The van der Waals surface area contributed by atoms with Crippen molar-refractivity contribution < 1.29 is 22.7 Å². The molecule has 0 radical (unpaired) electrons. The van der Waals surface area contributed by atoms with Gasteiger partial charge >= 0.3 is 0 Å². The van der Waals surface area contributed by atoms with Gasteiger partial charge < -0.3 is 14.0 Å². The Morgan fingerprint density at radius 2 is 1.77 bits per heavy atom. The van der Waals surface area contributed by atoms with Crippen molar-refractivity contribution in [3.8, 4) is 11.5 Å². The lowest BCUT2D eigenvalue weighted by Gasteiger charge is -2.09. The minimum absolute atomic E-state index is 0.0837. The molecule has 0 aliphatic rings. The minimum Gasteiger partial charge on any atom is -0.497 e. The lowest BCUT2D eigenvalue weighted by atomic mass is 10.2. The molecule has 182 valence electrons. The summed E-state index contributed by atoms with van der Waals surface area (Å²) in [6.07, 6.45) is 0. The van der Waals surface area contributed by atoms with Crippen LogP contribution >= 0.6 is 11.3 Å². The van der Waals surface area contributed by atoms with Crippen LogP contribution in [-0.4, -0.2) is 32.6 Å². The second-order valence-electron chi connectivity index (χ2n) is 7.47. The Balaban J connectivity index is 1.63. The third-order valence-corrected chi connectivity index (χ3v) is 7.65. The van der Waals surface area contributed by atoms with Crippen LogP contribution in [0.2, 0.25) is 0 Å². The maximum absolute atomic E-state index is 13.0. The second-order valence-corrected chi connectivity index (χ2v) is 10.2. The number of anilines is 1. The van der Waals surface area contributed by atoms with Crippen molar-refractivity contribution in [2.24, 2.45) is 4.99 Å². The molecule has 0 saturated heterocycles. The molecular formula is C25H25N3O5S2. The lowest BCUT2D eigenvalue weighted by molar-refractivity contribution is 0.0998. The first-order valence-corrected chi connectivity index (χ1v) is 13.3. The van der Waals surface area contributed by atoms with Crippen LogP contribution < -0.4 is 19.0 Å². The van der Waals surface area contributed by atoms with Crippen molar-refractivity contribution >= 4 is 43.2 Å². The average molecular weight is 512 g/mol. The number of fused-ring (bicyclic) bond motifs is 1. The summed E-state index contributed by atoms with van der Waals surface area (Å²) >= 11 is 1.40. The highest BCUT2D eigenvalue weighted by molar-refractivity contribution is 7.92. The molecule has 0 unspecified atom stereocenters. The summed E-state index contributed by atoms with van der Waals surface area (Å²) in [6.45, 7) is 5.12. The van der Waals surface area contributed by atoms with Gasteiger partial charge in [0, 0.05) is 17.8 Å². The predicted molar refractivity (Wildman–Crippen MR) is 137 cm³/mol. The van der Waals surface area contributed by atoms with E-state index < -0.39 is 15.9 Å². The molecule has 8 nitrogen and oxygen atoms in total. The molecule has 4 aromatic rings. The molecule has 3 aromatic carbocycles. The van der Waals surface area contributed by atoms with Gasteiger partial charge in [-0.2, -0.15) is 4.99 Å². The van der Waals surface area contributed by atoms with E-state index in [1.54, 1.807) is 30.3 Å². The number of hydrogen-bond acceptors (Lipinski definition) is 6. The molecule has 0 spiro atoms. The molecule has 0 aliphatic carbocycles. The smallest absolute Gasteiger partial charge is 0.279 e. The van der Waals surface area contributed by atoms with Crippen LogP contribution in [0.25, 0.3) is 10.2 Å². The number of methoxy groups -OCH3 is 1. The number of benzene rings is 3. The Kier molecular flexibility index (Phi) is 7.23. The van der Waals surface area contributed by atoms with Crippen LogP contribution in [0.15, 0.2) is 76.6 Å². The molecule has 1 N–H and O–H groups in total. The summed E-state index contributed by atoms with van der Waals surface area (Å²) in [5.74, 6) is 0.853. The van der Waals surface area contributed by atoms with Crippen LogP contribution in [0, 0.1) is 0 Å². The summed E-state index contributed by atoms with van der Waals surface area (Å²) in [4.78, 5) is 18.0. The van der Waals surface area contributed by atoms with E-state index in [0.717, 1.165) is 16.0 Å². The summed E-state index contributed by atoms with van der Waals surface area (Å²) in [7, 11) is -2.33. The molecule has 0 aliphatic heterocycles. The Bertz CT molecular complexity index is 1540. The lowest BCUT2D eigenvalue weighted by Crippen LogP contribution is -2.16. The van der Waals surface area contributed by atoms with E-state index in [1.807, 2.05) is 36.6 Å². The Morgan fingerprint density at radius 3 is 2.46 bits per heavy atom. The van der Waals surface area contributed by atoms with Gasteiger partial charge in [0.15, 0.2) is 4.80 Å². The van der Waals surface area contributed by atoms with E-state index in [9.17, 15) is 13.2 Å². The first-order chi connectivity index (χ1) is 16.8. The van der Waals surface area contributed by atoms with Gasteiger partial charge in [0.05, 0.1) is 28.8 Å². The number of sulfonamides is 1. The molecule has 0 bridgehead atoms. The third kappa shape index (κ3) is 5.39. The zero-order valence-corrected chi connectivity index (χ0v) is 21.2. The van der Waals surface area contributed by atoms with Crippen LogP contribution in [0.4, 0.5) is 5.69 Å². The third-order valence-electron chi connectivity index (χ3n) is 5.21. The standard InChI is InChI=1S/C25H25N3O5S2/c1-4-28-22-14-11-20(33-5-2)16-23(22)34-25(28)26-24(29)17-7-6-8-18(15-17)27-35(30,31)21-12-9-19(32-3)10-13-21/h6-16,27H,4-5H2,1-3H3. The van der Waals surface area contributed by atoms with Gasteiger partial charge in [-0.15, -0.1) is 0 Å². The Labute approximate surface area is 207 Å². The summed E-state index contributed by atoms with van der Waals surface area (Å²) in [6, 6.07) is 18.1. The summed E-state index contributed by atoms with van der Waals surface area (Å²) in [5.41, 5.74) is 1.51. The topological polar surface area (TPSA) is 99.0 Å². The van der Waals surface area contributed by atoms with E-state index in [-0.39, 0.29) is 16.1 Å². The Morgan fingerprint density at radius 1 is 1.03 bits per heavy atom. The molecule has 4 rings (SSSR count). The number of nitrogens with zero attached hydrogens (tertiary/aromatic N) is 2. The fourth-order valence-corrected chi connectivity index (χ4v) is 5.71. The van der Waals surface area contributed by atoms with Crippen LogP contribution in [0.5, 0.6) is 11.5 Å². The fraction of sp³-hybridized carbons (Fsp3) is 0.200. The van der Waals surface area contributed by atoms with Crippen LogP contribution in [-0.2, 0) is 16.6 Å². The van der Waals surface area contributed by atoms with E-state index in [2.05, 4.69) is 9.71 Å². The number of aryl methyl sites for hydroxylation is 1. The van der Waals surface area contributed by atoms with Gasteiger partial charge in [-0.25, -0.2) is 8.42 Å². The number of rotatable bonds is 8. The van der Waals surface area contributed by atoms with Gasteiger partial charge in [-0.3, -0.25) is 9.52 Å². The van der Waals surface area contributed by atoms with E-state index in [0.29, 0.717) is 23.7 Å². The molecule has 1 heterocycles. The quantitative estimate of drug-likeness (QED) is 0.371. The molecule has 0 saturated carbocycles. The van der Waals surface area contributed by atoms with E-state index in [4.69, 9.17) is 9.47 Å². The monoisotopic (exact) mass is 511 g/mol. The van der Waals surface area contributed by atoms with Gasteiger partial charge in [-0.1, -0.05) is 17.4 Å². The van der Waals surface area contributed by atoms with Gasteiger partial charge in [-0.05, 0) is 74.5 Å². The molecule has 1 amide bonds. The minimum atomic E-state index is -3.84. The predicted octanol–water partition coefficient (Wildman–Crippen LogP) is 4.67. The van der Waals surface area contributed by atoms with Gasteiger partial charge in [0.25, 0.3) is 15.9 Å². The average Bonchev–Trinajstić information content (AvgIpc) is 3.20. The molecule has 0 atom stereocenters. The maximum Gasteiger partial charge on any atom is 0.279 e. The maximum atomic E-state index is 13.0. The highest BCUT2D eigenvalue weighted by atomic mass is 32.2. The molecular weight excluding hydrogens is 486 g/mol. The van der Waals surface area contributed by atoms with Crippen LogP contribution in [0.1, 0.15) is 24.2 Å². The van der Waals surface area contributed by atoms with Gasteiger partial charge in [0.2, 0.25) is 0 Å². The van der Waals surface area contributed by atoms with Crippen molar-refractivity contribution in [2.45, 2.75) is 25.3 Å². The summed E-state index contributed by atoms with van der Waals surface area (Å²) in [5, 5.41) is 0. The SMILES string of the molecule is CCOc1ccc2c(c1)sc(=NC(=O)c1cccc(NS(=O)(=O)c3ccc(OC)cc3)c1)n2CC. The van der Waals surface area contributed by atoms with Crippen molar-refractivity contribution in [3.63, 3.8) is 0 Å². The second kappa shape index (κ2) is 10.3. The van der Waals surface area contributed by atoms with Crippen molar-refractivity contribution in [2.75, 3.05) is 18.4 Å². The zero-order chi connectivity index (χ0) is 25.0. The Hall–Kier alpha value is -3.63. The number of nitrogens with one attached hydrogen (secondary N) is 1. The molecule has 35 heavy (non-hydrogen) atoms. The van der Waals surface area contributed by atoms with Crippen molar-refractivity contribution in [3.05, 3.63) is 77.1 Å².